The zero-order chi connectivity index (χ0) is 12.0. The summed E-state index contributed by atoms with van der Waals surface area (Å²) in [6.07, 6.45) is 13.5. The Kier molecular flexibility index (Phi) is 2.48. The summed E-state index contributed by atoms with van der Waals surface area (Å²) in [5.41, 5.74) is -0.808. The maximum Gasteiger partial charge on any atom is 0.0800 e. The van der Waals surface area contributed by atoms with Gasteiger partial charge in [0.15, 0.2) is 0 Å². The highest BCUT2D eigenvalue weighted by Crippen LogP contribution is 2.62. The molecule has 0 unspecified atom stereocenters. The predicted molar refractivity (Wildman–Crippen MR) is 66.8 cm³/mol. The number of fused-ring (bicyclic) bond motifs is 2. The quantitative estimate of drug-likeness (QED) is 0.557. The minimum Gasteiger partial charge on any atom is -0.388 e. The van der Waals surface area contributed by atoms with Crippen LogP contribution in [0.15, 0.2) is 12.2 Å². The van der Waals surface area contributed by atoms with Crippen LogP contribution < -0.4 is 0 Å². The second kappa shape index (κ2) is 3.37. The molecule has 1 heteroatoms. The van der Waals surface area contributed by atoms with Gasteiger partial charge in [-0.05, 0) is 25.2 Å². The van der Waals surface area contributed by atoms with Gasteiger partial charge in [0.2, 0.25) is 0 Å². The predicted octanol–water partition coefficient (Wildman–Crippen LogP) is 3.14. The highest BCUT2D eigenvalue weighted by atomic mass is 16.3. The van der Waals surface area contributed by atoms with E-state index < -0.39 is 5.60 Å². The van der Waals surface area contributed by atoms with Crippen molar-refractivity contribution >= 4 is 0 Å². The Balaban J connectivity index is 2.42. The van der Waals surface area contributed by atoms with Gasteiger partial charge in [0.05, 0.1) is 5.60 Å². The van der Waals surface area contributed by atoms with Crippen molar-refractivity contribution in [3.63, 3.8) is 0 Å². The smallest absolute Gasteiger partial charge is 0.0800 e. The largest absolute Gasteiger partial charge is 0.388 e. The van der Waals surface area contributed by atoms with Gasteiger partial charge in [0.1, 0.15) is 0 Å². The number of terminal acetylenes is 1. The summed E-state index contributed by atoms with van der Waals surface area (Å²) in [6.45, 7) is 6.56. The van der Waals surface area contributed by atoms with Crippen molar-refractivity contribution in [2.75, 3.05) is 0 Å². The van der Waals surface area contributed by atoms with Gasteiger partial charge in [-0.15, -0.1) is 12.3 Å². The normalized spacial score (nSPS) is 44.3. The topological polar surface area (TPSA) is 20.2 Å². The molecule has 88 valence electrons. The molecule has 16 heavy (non-hydrogen) atoms. The molecule has 0 aromatic rings. The van der Waals surface area contributed by atoms with Crippen LogP contribution in [0.5, 0.6) is 0 Å². The lowest BCUT2D eigenvalue weighted by Crippen LogP contribution is -2.63. The lowest BCUT2D eigenvalue weighted by Gasteiger charge is -2.62. The molecule has 0 heterocycles. The second-order valence-corrected chi connectivity index (χ2v) is 6.21. The number of aliphatic hydroxyl groups is 1. The van der Waals surface area contributed by atoms with Crippen molar-refractivity contribution in [2.45, 2.75) is 52.1 Å². The van der Waals surface area contributed by atoms with Crippen LogP contribution in [0.25, 0.3) is 0 Å². The third-order valence-corrected chi connectivity index (χ3v) is 5.24. The number of hydrogen-bond donors (Lipinski definition) is 1. The molecule has 0 spiro atoms. The highest BCUT2D eigenvalue weighted by molar-refractivity contribution is 5.25. The summed E-state index contributed by atoms with van der Waals surface area (Å²) >= 11 is 0. The molecule has 2 bridgehead atoms. The molecule has 1 fully saturated rings. The van der Waals surface area contributed by atoms with Crippen molar-refractivity contribution in [3.8, 4) is 12.3 Å². The first-order valence-electron chi connectivity index (χ1n) is 6.23. The van der Waals surface area contributed by atoms with Gasteiger partial charge in [0.25, 0.3) is 0 Å². The Bertz CT molecular complexity index is 360. The van der Waals surface area contributed by atoms with Gasteiger partial charge in [-0.1, -0.05) is 32.9 Å². The zero-order valence-corrected chi connectivity index (χ0v) is 10.6. The first-order valence-corrected chi connectivity index (χ1v) is 6.23. The molecule has 0 aromatic carbocycles. The minimum atomic E-state index is -0.649. The van der Waals surface area contributed by atoms with E-state index in [9.17, 15) is 5.11 Å². The van der Waals surface area contributed by atoms with Crippen LogP contribution in [-0.2, 0) is 0 Å². The Morgan fingerprint density at radius 3 is 2.56 bits per heavy atom. The van der Waals surface area contributed by atoms with Gasteiger partial charge < -0.3 is 5.11 Å². The van der Waals surface area contributed by atoms with E-state index in [0.717, 1.165) is 6.42 Å². The number of allylic oxidation sites excluding steroid dienone is 1. The van der Waals surface area contributed by atoms with Crippen molar-refractivity contribution in [3.05, 3.63) is 12.2 Å². The fraction of sp³-hybridized carbons (Fsp3) is 0.733. The summed E-state index contributed by atoms with van der Waals surface area (Å²) in [4.78, 5) is 0. The Morgan fingerprint density at radius 2 is 2.12 bits per heavy atom. The highest BCUT2D eigenvalue weighted by Gasteiger charge is 2.61. The molecule has 3 aliphatic rings. The van der Waals surface area contributed by atoms with E-state index in [1.165, 1.54) is 6.42 Å². The number of hydrogen-bond acceptors (Lipinski definition) is 1. The van der Waals surface area contributed by atoms with Crippen LogP contribution in [0.2, 0.25) is 0 Å². The van der Waals surface area contributed by atoms with Crippen molar-refractivity contribution < 1.29 is 5.11 Å². The van der Waals surface area contributed by atoms with Crippen LogP contribution in [0.4, 0.5) is 0 Å². The van der Waals surface area contributed by atoms with Crippen LogP contribution in [0.3, 0.4) is 0 Å². The van der Waals surface area contributed by atoms with Gasteiger partial charge >= 0.3 is 0 Å². The maximum atomic E-state index is 11.1. The minimum absolute atomic E-state index is 0.0639. The molecular formula is C15H22O. The van der Waals surface area contributed by atoms with Gasteiger partial charge in [-0.2, -0.15) is 0 Å². The Morgan fingerprint density at radius 1 is 1.44 bits per heavy atom. The van der Waals surface area contributed by atoms with Crippen LogP contribution in [0.1, 0.15) is 46.5 Å². The van der Waals surface area contributed by atoms with E-state index in [4.69, 9.17) is 6.42 Å². The summed E-state index contributed by atoms with van der Waals surface area (Å²) in [5.74, 6) is 3.17. The second-order valence-electron chi connectivity index (χ2n) is 6.21. The van der Waals surface area contributed by atoms with Crippen molar-refractivity contribution in [2.24, 2.45) is 16.7 Å². The van der Waals surface area contributed by atoms with Crippen LogP contribution in [-0.4, -0.2) is 10.7 Å². The lowest BCUT2D eigenvalue weighted by molar-refractivity contribution is -0.193. The molecule has 1 N–H and O–H groups in total. The fourth-order valence-electron chi connectivity index (χ4n) is 3.81. The average Bonchev–Trinajstić information content (AvgIpc) is 2.24. The van der Waals surface area contributed by atoms with E-state index in [2.05, 4.69) is 38.8 Å². The van der Waals surface area contributed by atoms with Crippen LogP contribution >= 0.6 is 0 Å². The standard InChI is InChI=1S/C15H22O/c1-5-6-9-15(16)13(2,3)12-7-10-14(15,4)11-8-12/h1,7,10,12,16H,6,8-9,11H2,2-4H3/t12-,14+,15+/m0/s1. The fourth-order valence-corrected chi connectivity index (χ4v) is 3.81. The summed E-state index contributed by atoms with van der Waals surface area (Å²) in [7, 11) is 0. The molecule has 0 radical (unpaired) electrons. The van der Waals surface area contributed by atoms with E-state index in [1.54, 1.807) is 0 Å². The zero-order valence-electron chi connectivity index (χ0n) is 10.6. The lowest BCUT2D eigenvalue weighted by atomic mass is 9.45. The molecule has 1 nitrogen and oxygen atoms in total. The van der Waals surface area contributed by atoms with E-state index >= 15 is 0 Å². The van der Waals surface area contributed by atoms with Crippen molar-refractivity contribution in [1.29, 1.82) is 0 Å². The molecule has 3 rings (SSSR count). The van der Waals surface area contributed by atoms with Gasteiger partial charge in [-0.25, -0.2) is 0 Å². The molecule has 0 saturated heterocycles. The Hall–Kier alpha value is -0.740. The van der Waals surface area contributed by atoms with E-state index in [1.807, 2.05) is 0 Å². The van der Waals surface area contributed by atoms with Gasteiger partial charge in [-0.3, -0.25) is 0 Å². The molecule has 3 atom stereocenters. The third-order valence-electron chi connectivity index (χ3n) is 5.24. The monoisotopic (exact) mass is 218 g/mol. The summed E-state index contributed by atoms with van der Waals surface area (Å²) in [5, 5.41) is 11.1. The molecular weight excluding hydrogens is 196 g/mol. The first-order chi connectivity index (χ1) is 7.37. The molecule has 1 saturated carbocycles. The average molecular weight is 218 g/mol. The third kappa shape index (κ3) is 1.23. The molecule has 0 aromatic heterocycles. The molecule has 0 amide bonds. The SMILES string of the molecule is C#CCC[C@@]1(O)C(C)(C)[C@H]2C=C[C@]1(C)CC2. The van der Waals surface area contributed by atoms with Crippen LogP contribution in [0, 0.1) is 29.1 Å². The molecule has 3 aliphatic carbocycles. The number of rotatable bonds is 2. The van der Waals surface area contributed by atoms with Gasteiger partial charge in [0, 0.05) is 17.3 Å². The summed E-state index contributed by atoms with van der Waals surface area (Å²) < 4.78 is 0. The summed E-state index contributed by atoms with van der Waals surface area (Å²) in [6, 6.07) is 0. The van der Waals surface area contributed by atoms with E-state index in [0.29, 0.717) is 18.8 Å². The first kappa shape index (κ1) is 11.7. The van der Waals surface area contributed by atoms with Crippen molar-refractivity contribution in [1.82, 2.24) is 0 Å². The van der Waals surface area contributed by atoms with E-state index in [-0.39, 0.29) is 10.8 Å². The maximum absolute atomic E-state index is 11.1. The Labute approximate surface area is 98.9 Å². The molecule has 0 aliphatic heterocycles.